The Morgan fingerprint density at radius 1 is 1.32 bits per heavy atom. The number of anilines is 1. The third kappa shape index (κ3) is 4.01. The van der Waals surface area contributed by atoms with E-state index in [1.807, 2.05) is 4.57 Å². The average molecular weight is 401 g/mol. The molecule has 1 fully saturated rings. The van der Waals surface area contributed by atoms with Crippen LogP contribution in [0.2, 0.25) is 0 Å². The van der Waals surface area contributed by atoms with E-state index in [0.29, 0.717) is 34.6 Å². The summed E-state index contributed by atoms with van der Waals surface area (Å²) < 4.78 is 7.32. The summed E-state index contributed by atoms with van der Waals surface area (Å²) in [7, 11) is 0. The molecular formula is C18H19N5O4S. The summed E-state index contributed by atoms with van der Waals surface area (Å²) in [6.07, 6.45) is 2.73. The summed E-state index contributed by atoms with van der Waals surface area (Å²) >= 11 is 1.32. The lowest BCUT2D eigenvalue weighted by Crippen LogP contribution is -2.25. The summed E-state index contributed by atoms with van der Waals surface area (Å²) in [4.78, 5) is 35.1. The molecule has 1 aromatic carbocycles. The number of nitrogens with two attached hydrogens (primary N) is 1. The van der Waals surface area contributed by atoms with Crippen molar-refractivity contribution in [1.82, 2.24) is 14.8 Å². The van der Waals surface area contributed by atoms with Crippen molar-refractivity contribution in [2.45, 2.75) is 36.9 Å². The van der Waals surface area contributed by atoms with Gasteiger partial charge in [0.2, 0.25) is 5.91 Å². The number of ether oxygens (including phenoxy) is 1. The SMILES string of the molecule is NC(=O)CCc1nnc(SCC(=O)c2ccc3c(c2)NC(=O)CO3)n1C1CC1. The van der Waals surface area contributed by atoms with Gasteiger partial charge in [0.15, 0.2) is 17.5 Å². The molecule has 2 amide bonds. The number of benzene rings is 1. The van der Waals surface area contributed by atoms with Crippen molar-refractivity contribution < 1.29 is 19.1 Å². The predicted molar refractivity (Wildman–Crippen MR) is 101 cm³/mol. The van der Waals surface area contributed by atoms with Gasteiger partial charge in [0.05, 0.1) is 11.4 Å². The second kappa shape index (κ2) is 7.63. The van der Waals surface area contributed by atoms with Crippen molar-refractivity contribution in [1.29, 1.82) is 0 Å². The number of hydrogen-bond acceptors (Lipinski definition) is 7. The Kier molecular flexibility index (Phi) is 5.03. The Bertz CT molecular complexity index is 953. The molecular weight excluding hydrogens is 382 g/mol. The van der Waals surface area contributed by atoms with Gasteiger partial charge in [-0.05, 0) is 31.0 Å². The van der Waals surface area contributed by atoms with Crippen molar-refractivity contribution in [2.24, 2.45) is 5.73 Å². The second-order valence-electron chi connectivity index (χ2n) is 6.73. The smallest absolute Gasteiger partial charge is 0.262 e. The number of ketones is 1. The highest BCUT2D eigenvalue weighted by atomic mass is 32.2. The summed E-state index contributed by atoms with van der Waals surface area (Å²) in [5.74, 6) is 0.762. The fourth-order valence-electron chi connectivity index (χ4n) is 2.98. The van der Waals surface area contributed by atoms with Crippen molar-refractivity contribution in [3.63, 3.8) is 0 Å². The normalized spacial score (nSPS) is 15.5. The van der Waals surface area contributed by atoms with Crippen LogP contribution in [0.25, 0.3) is 0 Å². The highest BCUT2D eigenvalue weighted by molar-refractivity contribution is 7.99. The summed E-state index contributed by atoms with van der Waals surface area (Å²) in [6, 6.07) is 5.32. The van der Waals surface area contributed by atoms with Crippen molar-refractivity contribution in [2.75, 3.05) is 17.7 Å². The summed E-state index contributed by atoms with van der Waals surface area (Å²) in [5, 5.41) is 11.7. The van der Waals surface area contributed by atoms with E-state index in [4.69, 9.17) is 10.5 Å². The maximum atomic E-state index is 12.6. The van der Waals surface area contributed by atoms with E-state index in [1.165, 1.54) is 11.8 Å². The Balaban J connectivity index is 1.44. The standard InChI is InChI=1S/C18H19N5O4S/c19-15(25)5-6-16-21-22-18(23(16)11-2-3-11)28-9-13(24)10-1-4-14-12(7-10)20-17(26)8-27-14/h1,4,7,11H,2-3,5-6,8-9H2,(H2,19,25)(H,20,26). The molecule has 0 atom stereocenters. The van der Waals surface area contributed by atoms with E-state index in [9.17, 15) is 14.4 Å². The maximum Gasteiger partial charge on any atom is 0.262 e. The topological polar surface area (TPSA) is 129 Å². The molecule has 2 aliphatic rings. The van der Waals surface area contributed by atoms with E-state index in [0.717, 1.165) is 18.7 Å². The predicted octanol–water partition coefficient (Wildman–Crippen LogP) is 1.34. The second-order valence-corrected chi connectivity index (χ2v) is 7.67. The number of amides is 2. The van der Waals surface area contributed by atoms with Gasteiger partial charge in [-0.15, -0.1) is 10.2 Å². The zero-order valence-corrected chi connectivity index (χ0v) is 15.8. The molecule has 1 aliphatic heterocycles. The van der Waals surface area contributed by atoms with Crippen LogP contribution in [0.4, 0.5) is 5.69 Å². The van der Waals surface area contributed by atoms with Crippen LogP contribution in [0.3, 0.4) is 0 Å². The highest BCUT2D eigenvalue weighted by Gasteiger charge is 2.30. The van der Waals surface area contributed by atoms with Gasteiger partial charge in [-0.1, -0.05) is 11.8 Å². The molecule has 9 nitrogen and oxygen atoms in total. The largest absolute Gasteiger partial charge is 0.482 e. The molecule has 0 spiro atoms. The van der Waals surface area contributed by atoms with Crippen molar-refractivity contribution >= 4 is 35.0 Å². The Morgan fingerprint density at radius 2 is 2.14 bits per heavy atom. The number of aryl methyl sites for hydroxylation is 1. The molecule has 28 heavy (non-hydrogen) atoms. The number of hydrogen-bond donors (Lipinski definition) is 2. The first-order valence-corrected chi connectivity index (χ1v) is 9.94. The van der Waals surface area contributed by atoms with Gasteiger partial charge < -0.3 is 20.4 Å². The van der Waals surface area contributed by atoms with Gasteiger partial charge in [0.1, 0.15) is 11.6 Å². The quantitative estimate of drug-likeness (QED) is 0.504. The number of thioether (sulfide) groups is 1. The fourth-order valence-corrected chi connectivity index (χ4v) is 3.90. The van der Waals surface area contributed by atoms with Gasteiger partial charge in [-0.3, -0.25) is 14.4 Å². The van der Waals surface area contributed by atoms with E-state index < -0.39 is 0 Å². The Labute approximate surface area is 165 Å². The first kappa shape index (κ1) is 18.5. The first-order valence-electron chi connectivity index (χ1n) is 8.96. The fraction of sp³-hybridized carbons (Fsp3) is 0.389. The Hall–Kier alpha value is -2.88. The van der Waals surface area contributed by atoms with E-state index in [1.54, 1.807) is 18.2 Å². The highest BCUT2D eigenvalue weighted by Crippen LogP contribution is 2.39. The van der Waals surface area contributed by atoms with Crippen LogP contribution in [-0.4, -0.2) is 44.7 Å². The first-order chi connectivity index (χ1) is 13.5. The number of aromatic nitrogens is 3. The van der Waals surface area contributed by atoms with Crippen LogP contribution in [0.5, 0.6) is 5.75 Å². The average Bonchev–Trinajstić information content (AvgIpc) is 3.43. The number of Topliss-reactive ketones (excluding diaryl/α,β-unsaturated/α-hetero) is 1. The van der Waals surface area contributed by atoms with Gasteiger partial charge >= 0.3 is 0 Å². The Morgan fingerprint density at radius 3 is 2.89 bits per heavy atom. The van der Waals surface area contributed by atoms with Crippen molar-refractivity contribution in [3.8, 4) is 5.75 Å². The number of primary amides is 1. The van der Waals surface area contributed by atoms with Crippen LogP contribution in [0.1, 0.15) is 41.5 Å². The van der Waals surface area contributed by atoms with Gasteiger partial charge in [-0.25, -0.2) is 0 Å². The lowest BCUT2D eigenvalue weighted by atomic mass is 10.1. The minimum absolute atomic E-state index is 0.0228. The summed E-state index contributed by atoms with van der Waals surface area (Å²) in [5.41, 5.74) is 6.22. The van der Waals surface area contributed by atoms with E-state index in [2.05, 4.69) is 15.5 Å². The molecule has 1 saturated carbocycles. The van der Waals surface area contributed by atoms with Crippen LogP contribution in [0.15, 0.2) is 23.4 Å². The molecule has 1 aliphatic carbocycles. The zero-order valence-electron chi connectivity index (χ0n) is 15.0. The zero-order chi connectivity index (χ0) is 19.7. The molecule has 2 aromatic rings. The molecule has 0 saturated heterocycles. The van der Waals surface area contributed by atoms with E-state index >= 15 is 0 Å². The summed E-state index contributed by atoms with van der Waals surface area (Å²) in [6.45, 7) is -0.0228. The van der Waals surface area contributed by atoms with Crippen LogP contribution in [0, 0.1) is 0 Å². The monoisotopic (exact) mass is 401 g/mol. The lowest BCUT2D eigenvalue weighted by Gasteiger charge is -2.18. The molecule has 0 bridgehead atoms. The number of carbonyl (C=O) groups excluding carboxylic acids is 3. The third-order valence-corrected chi connectivity index (χ3v) is 5.45. The van der Waals surface area contributed by atoms with Gasteiger partial charge in [0.25, 0.3) is 5.91 Å². The van der Waals surface area contributed by atoms with Crippen LogP contribution in [-0.2, 0) is 16.0 Å². The van der Waals surface area contributed by atoms with Crippen molar-refractivity contribution in [3.05, 3.63) is 29.6 Å². The van der Waals surface area contributed by atoms with Gasteiger partial charge in [0, 0.05) is 24.4 Å². The van der Waals surface area contributed by atoms with Gasteiger partial charge in [-0.2, -0.15) is 0 Å². The minimum atomic E-state index is -0.377. The lowest BCUT2D eigenvalue weighted by molar-refractivity contribution is -0.119. The molecule has 0 unspecified atom stereocenters. The molecule has 2 heterocycles. The maximum absolute atomic E-state index is 12.6. The van der Waals surface area contributed by atoms with E-state index in [-0.39, 0.29) is 36.4 Å². The number of fused-ring (bicyclic) bond motifs is 1. The molecule has 4 rings (SSSR count). The number of nitrogens with one attached hydrogen (secondary N) is 1. The number of carbonyl (C=O) groups is 3. The molecule has 10 heteroatoms. The number of rotatable bonds is 8. The van der Waals surface area contributed by atoms with Crippen LogP contribution >= 0.6 is 11.8 Å². The third-order valence-electron chi connectivity index (χ3n) is 4.51. The minimum Gasteiger partial charge on any atom is -0.482 e. The molecule has 3 N–H and O–H groups in total. The molecule has 1 aromatic heterocycles. The molecule has 146 valence electrons. The molecule has 0 radical (unpaired) electrons. The van der Waals surface area contributed by atoms with Crippen LogP contribution < -0.4 is 15.8 Å². The number of nitrogens with zero attached hydrogens (tertiary/aromatic N) is 3.